The zero-order valence-corrected chi connectivity index (χ0v) is 22.9. The Morgan fingerprint density at radius 2 is 1.86 bits per heavy atom. The van der Waals surface area contributed by atoms with Gasteiger partial charge in [0.25, 0.3) is 5.91 Å². The van der Waals surface area contributed by atoms with E-state index in [1.807, 2.05) is 12.1 Å². The highest BCUT2D eigenvalue weighted by Gasteiger charge is 2.21. The Bertz CT molecular complexity index is 1770. The van der Waals surface area contributed by atoms with E-state index in [1.54, 1.807) is 16.8 Å². The zero-order valence-electron chi connectivity index (χ0n) is 22.9. The molecular formula is C31H29F2N7O2. The van der Waals surface area contributed by atoms with Gasteiger partial charge < -0.3 is 21.1 Å². The summed E-state index contributed by atoms with van der Waals surface area (Å²) in [5.41, 5.74) is 10.0. The first kappa shape index (κ1) is 27.3. The van der Waals surface area contributed by atoms with Crippen LogP contribution in [0.5, 0.6) is 5.75 Å². The summed E-state index contributed by atoms with van der Waals surface area (Å²) in [6, 6.07) is 16.5. The van der Waals surface area contributed by atoms with Gasteiger partial charge in [-0.1, -0.05) is 24.3 Å². The second-order valence-electron chi connectivity index (χ2n) is 10.2. The molecular weight excluding hydrogens is 540 g/mol. The monoisotopic (exact) mass is 569 g/mol. The maximum absolute atomic E-state index is 15.3. The number of nitrogens with one attached hydrogen (secondary N) is 2. The largest absolute Gasteiger partial charge is 0.496 e. The normalized spacial score (nSPS) is 13.8. The Balaban J connectivity index is 1.28. The number of hydrogen-bond acceptors (Lipinski definition) is 7. The van der Waals surface area contributed by atoms with Crippen LogP contribution in [-0.2, 0) is 6.54 Å². The van der Waals surface area contributed by atoms with Gasteiger partial charge in [0.1, 0.15) is 35.2 Å². The number of aromatic nitrogens is 4. The minimum atomic E-state index is -0.587. The Kier molecular flexibility index (Phi) is 7.49. The molecule has 1 saturated heterocycles. The van der Waals surface area contributed by atoms with Crippen LogP contribution in [0.1, 0.15) is 40.2 Å². The average molecular weight is 570 g/mol. The van der Waals surface area contributed by atoms with Crippen LogP contribution in [0, 0.1) is 11.6 Å². The Labute approximate surface area is 240 Å². The van der Waals surface area contributed by atoms with Crippen molar-refractivity contribution in [2.45, 2.75) is 25.3 Å². The lowest BCUT2D eigenvalue weighted by atomic mass is 9.90. The molecule has 2 aromatic heterocycles. The van der Waals surface area contributed by atoms with Crippen molar-refractivity contribution >= 4 is 22.8 Å². The molecule has 1 fully saturated rings. The molecule has 4 N–H and O–H groups in total. The molecule has 0 spiro atoms. The molecule has 1 aliphatic heterocycles. The summed E-state index contributed by atoms with van der Waals surface area (Å²) in [6.45, 7) is 1.91. The van der Waals surface area contributed by atoms with E-state index in [9.17, 15) is 9.18 Å². The number of anilines is 1. The third-order valence-corrected chi connectivity index (χ3v) is 7.61. The molecule has 5 aromatic rings. The lowest BCUT2D eigenvalue weighted by Crippen LogP contribution is -2.26. The molecule has 11 heteroatoms. The van der Waals surface area contributed by atoms with E-state index in [4.69, 9.17) is 15.6 Å². The van der Waals surface area contributed by atoms with E-state index in [1.165, 1.54) is 37.2 Å². The highest BCUT2D eigenvalue weighted by Crippen LogP contribution is 2.33. The number of carbonyl (C=O) groups is 1. The van der Waals surface area contributed by atoms with Crippen LogP contribution in [0.4, 0.5) is 14.6 Å². The van der Waals surface area contributed by atoms with E-state index in [0.29, 0.717) is 28.2 Å². The number of ether oxygens (including phenoxy) is 1. The summed E-state index contributed by atoms with van der Waals surface area (Å²) < 4.78 is 35.8. The van der Waals surface area contributed by atoms with Crippen molar-refractivity contribution in [3.8, 4) is 22.7 Å². The minimum Gasteiger partial charge on any atom is -0.496 e. The van der Waals surface area contributed by atoms with E-state index in [-0.39, 0.29) is 29.2 Å². The van der Waals surface area contributed by atoms with Crippen molar-refractivity contribution in [3.05, 3.63) is 95.3 Å². The van der Waals surface area contributed by atoms with Gasteiger partial charge in [-0.25, -0.2) is 23.4 Å². The highest BCUT2D eigenvalue weighted by molar-refractivity contribution is 5.99. The van der Waals surface area contributed by atoms with E-state index >= 15 is 4.39 Å². The number of methoxy groups -OCH3 is 1. The summed E-state index contributed by atoms with van der Waals surface area (Å²) in [5, 5.41) is 11.3. The number of nitrogens with zero attached hydrogens (tertiary/aromatic N) is 4. The molecule has 0 bridgehead atoms. The molecule has 0 atom stereocenters. The van der Waals surface area contributed by atoms with Gasteiger partial charge in [0.05, 0.1) is 23.7 Å². The molecule has 1 aliphatic rings. The van der Waals surface area contributed by atoms with E-state index < -0.39 is 17.5 Å². The first-order valence-corrected chi connectivity index (χ1v) is 13.6. The first-order chi connectivity index (χ1) is 20.4. The number of carbonyl (C=O) groups excluding carboxylic acids is 1. The first-order valence-electron chi connectivity index (χ1n) is 13.6. The van der Waals surface area contributed by atoms with Crippen LogP contribution in [0.2, 0.25) is 0 Å². The maximum atomic E-state index is 15.3. The van der Waals surface area contributed by atoms with Gasteiger partial charge in [-0.2, -0.15) is 5.10 Å². The molecule has 0 saturated carbocycles. The number of nitrogen functional groups attached to an aromatic ring is 1. The fourth-order valence-electron chi connectivity index (χ4n) is 5.37. The van der Waals surface area contributed by atoms with Gasteiger partial charge in [-0.3, -0.25) is 4.79 Å². The van der Waals surface area contributed by atoms with Crippen molar-refractivity contribution in [2.75, 3.05) is 25.9 Å². The van der Waals surface area contributed by atoms with Crippen LogP contribution < -0.4 is 21.1 Å². The fourth-order valence-corrected chi connectivity index (χ4v) is 5.37. The fraction of sp³-hybridized carbons (Fsp3) is 0.226. The topological polar surface area (TPSA) is 120 Å². The predicted octanol–water partition coefficient (Wildman–Crippen LogP) is 4.75. The lowest BCUT2D eigenvalue weighted by molar-refractivity contribution is 0.0947. The Hall–Kier alpha value is -4.90. The third-order valence-electron chi connectivity index (χ3n) is 7.61. The van der Waals surface area contributed by atoms with Crippen LogP contribution in [0.25, 0.3) is 28.0 Å². The smallest absolute Gasteiger partial charge is 0.255 e. The maximum Gasteiger partial charge on any atom is 0.255 e. The number of benzene rings is 3. The summed E-state index contributed by atoms with van der Waals surface area (Å²) in [5.74, 6) is -0.755. The Morgan fingerprint density at radius 3 is 2.60 bits per heavy atom. The number of fused-ring (bicyclic) bond motifs is 1. The van der Waals surface area contributed by atoms with Gasteiger partial charge in [0, 0.05) is 17.7 Å². The molecule has 42 heavy (non-hydrogen) atoms. The molecule has 0 aliphatic carbocycles. The van der Waals surface area contributed by atoms with Gasteiger partial charge in [-0.15, -0.1) is 0 Å². The molecule has 3 heterocycles. The number of piperidine rings is 1. The van der Waals surface area contributed by atoms with E-state index in [2.05, 4.69) is 32.7 Å². The van der Waals surface area contributed by atoms with Crippen molar-refractivity contribution in [1.82, 2.24) is 30.4 Å². The number of hydrogen-bond donors (Lipinski definition) is 3. The summed E-state index contributed by atoms with van der Waals surface area (Å²) in [6.07, 6.45) is 3.58. The molecule has 9 nitrogen and oxygen atoms in total. The molecule has 0 radical (unpaired) electrons. The van der Waals surface area contributed by atoms with Gasteiger partial charge in [0.2, 0.25) is 0 Å². The number of halogens is 2. The van der Waals surface area contributed by atoms with Crippen molar-refractivity contribution in [3.63, 3.8) is 0 Å². The average Bonchev–Trinajstić information content (AvgIpc) is 3.42. The standard InChI is InChI=1S/C31H29F2N7O2/c1-42-26-9-6-22(32)15-24(26)31(41)36-16-21-3-2-20(14-25(21)33)28-27-29(34)37-17-38-30(27)40(39-28)23-7-4-18(5-8-23)19-10-12-35-13-11-19/h2-9,14-15,17,19,35H,10-13,16H2,1H3,(H,36,41)(H2,34,37,38). The van der Waals surface area contributed by atoms with E-state index in [0.717, 1.165) is 37.7 Å². The van der Waals surface area contributed by atoms with Crippen LogP contribution in [-0.4, -0.2) is 45.9 Å². The molecule has 1 amide bonds. The van der Waals surface area contributed by atoms with Crippen LogP contribution >= 0.6 is 0 Å². The third kappa shape index (κ3) is 5.26. The van der Waals surface area contributed by atoms with Gasteiger partial charge >= 0.3 is 0 Å². The second-order valence-corrected chi connectivity index (χ2v) is 10.2. The number of rotatable bonds is 7. The lowest BCUT2D eigenvalue weighted by Gasteiger charge is -2.23. The minimum absolute atomic E-state index is 0.0193. The summed E-state index contributed by atoms with van der Waals surface area (Å²) in [7, 11) is 1.38. The SMILES string of the molecule is COc1ccc(F)cc1C(=O)NCc1ccc(-c2nn(-c3ccc(C4CCNCC4)cc3)c3ncnc(N)c23)cc1F. The molecule has 214 valence electrons. The quantitative estimate of drug-likeness (QED) is 0.259. The van der Waals surface area contributed by atoms with Crippen molar-refractivity contribution < 1.29 is 18.3 Å². The van der Waals surface area contributed by atoms with Gasteiger partial charge in [-0.05, 0) is 73.8 Å². The Morgan fingerprint density at radius 1 is 1.07 bits per heavy atom. The molecule has 6 rings (SSSR count). The van der Waals surface area contributed by atoms with Crippen LogP contribution in [0.3, 0.4) is 0 Å². The van der Waals surface area contributed by atoms with Crippen molar-refractivity contribution in [1.29, 1.82) is 0 Å². The number of amides is 1. The zero-order chi connectivity index (χ0) is 29.2. The molecule has 3 aromatic carbocycles. The summed E-state index contributed by atoms with van der Waals surface area (Å²) in [4.78, 5) is 21.2. The second kappa shape index (κ2) is 11.5. The highest BCUT2D eigenvalue weighted by atomic mass is 19.1. The molecule has 0 unspecified atom stereocenters. The van der Waals surface area contributed by atoms with Crippen molar-refractivity contribution in [2.24, 2.45) is 0 Å². The van der Waals surface area contributed by atoms with Crippen LogP contribution in [0.15, 0.2) is 67.0 Å². The van der Waals surface area contributed by atoms with Gasteiger partial charge in [0.15, 0.2) is 5.65 Å². The predicted molar refractivity (Wildman–Crippen MR) is 155 cm³/mol. The number of nitrogens with two attached hydrogens (primary N) is 1. The summed E-state index contributed by atoms with van der Waals surface area (Å²) >= 11 is 0.